The molecule has 2 fully saturated rings. The fourth-order valence-electron chi connectivity index (χ4n) is 3.98. The first-order valence-corrected chi connectivity index (χ1v) is 15.0. The number of likely N-dealkylation sites (tertiary alicyclic amines) is 1. The molecule has 1 amide bonds. The van der Waals surface area contributed by atoms with Gasteiger partial charge in [0.15, 0.2) is 0 Å². The summed E-state index contributed by atoms with van der Waals surface area (Å²) in [6, 6.07) is 1.54. The highest BCUT2D eigenvalue weighted by molar-refractivity contribution is 8.04. The van der Waals surface area contributed by atoms with Crippen LogP contribution in [0.15, 0.2) is 24.3 Å². The van der Waals surface area contributed by atoms with Crippen molar-refractivity contribution in [1.29, 1.82) is 0 Å². The van der Waals surface area contributed by atoms with Crippen LogP contribution < -0.4 is 4.74 Å². The number of hydrogen-bond acceptors (Lipinski definition) is 9. The molecule has 0 unspecified atom stereocenters. The summed E-state index contributed by atoms with van der Waals surface area (Å²) < 4.78 is 97.3. The summed E-state index contributed by atoms with van der Waals surface area (Å²) in [5, 5.41) is -1.18. The number of carbonyl (C=O) groups excluding carboxylic acids is 2. The van der Waals surface area contributed by atoms with Crippen molar-refractivity contribution in [3.8, 4) is 5.75 Å². The zero-order valence-corrected chi connectivity index (χ0v) is 23.4. The van der Waals surface area contributed by atoms with Crippen molar-refractivity contribution in [3.63, 3.8) is 0 Å². The summed E-state index contributed by atoms with van der Waals surface area (Å²) >= 11 is 0. The smallest absolute Gasteiger partial charge is 0.410 e. The molecule has 0 spiro atoms. The molecule has 1 aromatic rings. The molecule has 0 aromatic heterocycles. The van der Waals surface area contributed by atoms with Gasteiger partial charge in [0.2, 0.25) is 0 Å². The van der Waals surface area contributed by atoms with Crippen LogP contribution in [0, 0.1) is 5.92 Å². The van der Waals surface area contributed by atoms with Crippen molar-refractivity contribution in [2.45, 2.75) is 63.8 Å². The second-order valence-corrected chi connectivity index (χ2v) is 13.8. The van der Waals surface area contributed by atoms with Gasteiger partial charge >= 0.3 is 6.09 Å². The lowest BCUT2D eigenvalue weighted by atomic mass is 10.1. The lowest BCUT2D eigenvalue weighted by molar-refractivity contribution is -0.113. The third-order valence-corrected chi connectivity index (χ3v) is 8.43. The zero-order chi connectivity index (χ0) is 28.7. The predicted octanol–water partition coefficient (Wildman–Crippen LogP) is 2.36. The number of ether oxygens (including phenoxy) is 2. The van der Waals surface area contributed by atoms with E-state index in [1.807, 2.05) is 0 Å². The van der Waals surface area contributed by atoms with Crippen molar-refractivity contribution in [2.24, 2.45) is 5.92 Å². The van der Waals surface area contributed by atoms with Crippen LogP contribution in [0.2, 0.25) is 0 Å². The van der Waals surface area contributed by atoms with E-state index in [0.717, 1.165) is 0 Å². The fraction of sp³-hybridized carbons (Fsp3) is 0.652. The number of halogens is 2. The molecule has 214 valence electrons. The Labute approximate surface area is 221 Å². The summed E-state index contributed by atoms with van der Waals surface area (Å²) in [6.07, 6.45) is 0.0934. The molecule has 1 aliphatic heterocycles. The highest BCUT2D eigenvalue weighted by Crippen LogP contribution is 2.42. The first kappa shape index (κ1) is 30.2. The van der Waals surface area contributed by atoms with Crippen LogP contribution in [-0.2, 0) is 40.4 Å². The van der Waals surface area contributed by atoms with Gasteiger partial charge in [-0.1, -0.05) is 12.1 Å². The lowest BCUT2D eigenvalue weighted by Crippen LogP contribution is -2.54. The predicted molar refractivity (Wildman–Crippen MR) is 131 cm³/mol. The summed E-state index contributed by atoms with van der Waals surface area (Å²) in [6.45, 7) is 1.91. The maximum absolute atomic E-state index is 16.0. The topological polar surface area (TPSA) is 137 Å². The number of amides is 1. The standard InChI is InChI=1S/C23H32F2N2O9S2/c1-22(2,3)36-21(29)26-13-18(23(24,25)19(26)14-35-37(5,30)31)27(38(32,33)20(28)16-8-9-16)12-15-6-10-17(34-4)11-7-15/h6-7,10-11,16,18-19H,8-9,12-14H2,1-5H3/t18-,19-/m1/s1. The van der Waals surface area contributed by atoms with Gasteiger partial charge in [-0.05, 0) is 51.3 Å². The van der Waals surface area contributed by atoms with Gasteiger partial charge in [-0.25, -0.2) is 22.0 Å². The summed E-state index contributed by atoms with van der Waals surface area (Å²) in [5.74, 6) is -4.37. The normalized spacial score (nSPS) is 21.9. The third-order valence-electron chi connectivity index (χ3n) is 6.02. The molecule has 1 aromatic carbocycles. The number of hydrogen-bond donors (Lipinski definition) is 0. The largest absolute Gasteiger partial charge is 0.497 e. The molecule has 11 nitrogen and oxygen atoms in total. The number of rotatable bonds is 9. The van der Waals surface area contributed by atoms with Crippen molar-refractivity contribution in [2.75, 3.05) is 26.5 Å². The van der Waals surface area contributed by atoms with Gasteiger partial charge in [0.05, 0.1) is 20.0 Å². The monoisotopic (exact) mass is 582 g/mol. The van der Waals surface area contributed by atoms with E-state index in [1.54, 1.807) is 0 Å². The number of alkyl halides is 2. The average molecular weight is 583 g/mol. The Morgan fingerprint density at radius 3 is 2.16 bits per heavy atom. The van der Waals surface area contributed by atoms with Crippen molar-refractivity contribution in [1.82, 2.24) is 9.21 Å². The van der Waals surface area contributed by atoms with Crippen LogP contribution in [0.4, 0.5) is 13.6 Å². The van der Waals surface area contributed by atoms with E-state index in [2.05, 4.69) is 4.18 Å². The van der Waals surface area contributed by atoms with Crippen molar-refractivity contribution >= 4 is 31.3 Å². The van der Waals surface area contributed by atoms with Gasteiger partial charge in [-0.15, -0.1) is 0 Å². The Balaban J connectivity index is 2.06. The van der Waals surface area contributed by atoms with Gasteiger partial charge in [0.1, 0.15) is 23.4 Å². The molecule has 3 rings (SSSR count). The number of carbonyl (C=O) groups is 2. The summed E-state index contributed by atoms with van der Waals surface area (Å²) in [4.78, 5) is 26.2. The number of benzene rings is 1. The molecule has 1 saturated heterocycles. The SMILES string of the molecule is COc1ccc(CN([C@@H]2CN(C(=O)OC(C)(C)C)[C@H](COS(C)(=O)=O)C2(F)F)S(=O)(=O)C(=O)C2CC2)cc1. The molecule has 1 heterocycles. The minimum Gasteiger partial charge on any atom is -0.497 e. The molecule has 0 radical (unpaired) electrons. The molecule has 0 N–H and O–H groups in total. The van der Waals surface area contributed by atoms with Gasteiger partial charge < -0.3 is 9.47 Å². The second-order valence-electron chi connectivity index (χ2n) is 10.3. The molecule has 1 aliphatic carbocycles. The number of methoxy groups -OCH3 is 1. The summed E-state index contributed by atoms with van der Waals surface area (Å²) in [7, 11) is -7.69. The molecular formula is C23H32F2N2O9S2. The van der Waals surface area contributed by atoms with Gasteiger partial charge in [-0.3, -0.25) is 13.9 Å². The Kier molecular flexibility index (Phi) is 8.47. The van der Waals surface area contributed by atoms with Crippen LogP contribution in [0.1, 0.15) is 39.2 Å². The third kappa shape index (κ3) is 6.98. The number of sulfonamides is 1. The van der Waals surface area contributed by atoms with E-state index in [0.29, 0.717) is 34.1 Å². The minimum atomic E-state index is -4.91. The molecular weight excluding hydrogens is 550 g/mol. The highest BCUT2D eigenvalue weighted by Gasteiger charge is 2.63. The first-order chi connectivity index (χ1) is 17.4. The molecule has 38 heavy (non-hydrogen) atoms. The van der Waals surface area contributed by atoms with Crippen LogP contribution in [-0.4, -0.2) is 87.4 Å². The second kappa shape index (κ2) is 10.7. The Hall–Kier alpha value is -2.36. The maximum atomic E-state index is 16.0. The summed E-state index contributed by atoms with van der Waals surface area (Å²) in [5.41, 5.74) is -0.808. The van der Waals surface area contributed by atoms with E-state index >= 15 is 8.78 Å². The quantitative estimate of drug-likeness (QED) is 0.402. The minimum absolute atomic E-state index is 0.286. The van der Waals surface area contributed by atoms with Crippen LogP contribution in [0.5, 0.6) is 5.75 Å². The van der Waals surface area contributed by atoms with E-state index in [4.69, 9.17) is 9.47 Å². The molecule has 2 atom stereocenters. The Morgan fingerprint density at radius 1 is 1.11 bits per heavy atom. The Morgan fingerprint density at radius 2 is 1.68 bits per heavy atom. The van der Waals surface area contributed by atoms with Gasteiger partial charge in [-0.2, -0.15) is 12.7 Å². The molecule has 15 heteroatoms. The average Bonchev–Trinajstić information content (AvgIpc) is 3.59. The first-order valence-electron chi connectivity index (χ1n) is 11.8. The van der Waals surface area contributed by atoms with Crippen LogP contribution >= 0.6 is 0 Å². The number of nitrogens with zero attached hydrogens (tertiary/aromatic N) is 2. The molecule has 2 aliphatic rings. The lowest BCUT2D eigenvalue weighted by Gasteiger charge is -2.32. The van der Waals surface area contributed by atoms with Crippen molar-refractivity contribution in [3.05, 3.63) is 29.8 Å². The van der Waals surface area contributed by atoms with Crippen molar-refractivity contribution < 1.29 is 48.9 Å². The highest BCUT2D eigenvalue weighted by atomic mass is 32.2. The van der Waals surface area contributed by atoms with Crippen LogP contribution in [0.25, 0.3) is 0 Å². The van der Waals surface area contributed by atoms with E-state index < -0.39 is 80.6 Å². The van der Waals surface area contributed by atoms with Crippen LogP contribution in [0.3, 0.4) is 0 Å². The van der Waals surface area contributed by atoms with E-state index in [9.17, 15) is 26.4 Å². The fourth-order valence-corrected chi connectivity index (χ4v) is 6.10. The van der Waals surface area contributed by atoms with E-state index in [-0.39, 0.29) is 5.56 Å². The molecule has 0 bridgehead atoms. The van der Waals surface area contributed by atoms with Gasteiger partial charge in [0, 0.05) is 19.0 Å². The molecule has 1 saturated carbocycles. The zero-order valence-electron chi connectivity index (χ0n) is 21.7. The Bertz CT molecular complexity index is 1260. The van der Waals surface area contributed by atoms with Gasteiger partial charge in [0.25, 0.3) is 31.2 Å². The maximum Gasteiger partial charge on any atom is 0.410 e. The van der Waals surface area contributed by atoms with E-state index in [1.165, 1.54) is 52.1 Å².